The average Bonchev–Trinajstić information content (AvgIpc) is 2.85. The lowest BCUT2D eigenvalue weighted by molar-refractivity contribution is 0.102. The predicted molar refractivity (Wildman–Crippen MR) is 125 cm³/mol. The Kier molecular flexibility index (Phi) is 6.62. The van der Waals surface area contributed by atoms with E-state index in [-0.39, 0.29) is 5.91 Å². The average molecular weight is 435 g/mol. The number of pyridine rings is 1. The smallest absolute Gasteiger partial charge is 0.259 e. The second kappa shape index (κ2) is 10.1. The quantitative estimate of drug-likeness (QED) is 0.392. The van der Waals surface area contributed by atoms with E-state index in [0.717, 1.165) is 11.1 Å². The highest BCUT2D eigenvalue weighted by Crippen LogP contribution is 2.27. The van der Waals surface area contributed by atoms with Crippen LogP contribution in [0.15, 0.2) is 91.3 Å². The van der Waals surface area contributed by atoms with E-state index >= 15 is 0 Å². The summed E-state index contributed by atoms with van der Waals surface area (Å²) in [6, 6.07) is 25.5. The molecule has 0 spiro atoms. The second-order valence-electron chi connectivity index (χ2n) is 7.32. The number of hydrogen-bond acceptors (Lipinski definition) is 5. The van der Waals surface area contributed by atoms with Gasteiger partial charge in [-0.3, -0.25) is 9.78 Å². The Morgan fingerprint density at radius 3 is 2.67 bits per heavy atom. The lowest BCUT2D eigenvalue weighted by Gasteiger charge is -2.14. The molecule has 0 bridgehead atoms. The van der Waals surface area contributed by atoms with Crippen molar-refractivity contribution in [2.24, 2.45) is 0 Å². The van der Waals surface area contributed by atoms with Gasteiger partial charge in [-0.15, -0.1) is 0 Å². The number of hydrogen-bond donors (Lipinski definition) is 1. The normalized spacial score (nSPS) is 10.2. The molecule has 1 amide bonds. The van der Waals surface area contributed by atoms with Gasteiger partial charge in [0.15, 0.2) is 0 Å². The van der Waals surface area contributed by atoms with Gasteiger partial charge >= 0.3 is 0 Å². The fraction of sp³-hybridized carbons (Fsp3) is 0.0741. The molecule has 1 aromatic heterocycles. The van der Waals surface area contributed by atoms with Crippen LogP contribution in [0, 0.1) is 18.3 Å². The van der Waals surface area contributed by atoms with Gasteiger partial charge in [-0.05, 0) is 72.6 Å². The molecular formula is C27H21N3O3. The molecular weight excluding hydrogens is 414 g/mol. The van der Waals surface area contributed by atoms with Gasteiger partial charge < -0.3 is 14.8 Å². The summed E-state index contributed by atoms with van der Waals surface area (Å²) in [7, 11) is 0. The summed E-state index contributed by atoms with van der Waals surface area (Å²) in [5.41, 5.74) is 3.46. The molecule has 0 saturated heterocycles. The molecule has 0 aliphatic carbocycles. The van der Waals surface area contributed by atoms with Crippen molar-refractivity contribution < 1.29 is 14.3 Å². The van der Waals surface area contributed by atoms with Crippen LogP contribution in [0.25, 0.3) is 0 Å². The number of aryl methyl sites for hydroxylation is 1. The Balaban J connectivity index is 1.44. The van der Waals surface area contributed by atoms with Crippen molar-refractivity contribution >= 4 is 11.6 Å². The van der Waals surface area contributed by atoms with Gasteiger partial charge in [-0.25, -0.2) is 0 Å². The van der Waals surface area contributed by atoms with Gasteiger partial charge in [0.25, 0.3) is 5.91 Å². The van der Waals surface area contributed by atoms with Crippen LogP contribution in [0.2, 0.25) is 0 Å². The number of anilines is 1. The van der Waals surface area contributed by atoms with Crippen LogP contribution in [0.4, 0.5) is 5.69 Å². The number of amides is 1. The third kappa shape index (κ3) is 5.54. The molecule has 0 atom stereocenters. The molecule has 4 aromatic rings. The number of nitrogens with one attached hydrogen (secondary N) is 1. The van der Waals surface area contributed by atoms with Gasteiger partial charge in [-0.1, -0.05) is 24.3 Å². The number of nitrogens with zero attached hydrogens (tertiary/aromatic N) is 2. The largest absolute Gasteiger partial charge is 0.489 e. The number of para-hydroxylation sites is 1. The van der Waals surface area contributed by atoms with E-state index in [4.69, 9.17) is 14.7 Å². The topological polar surface area (TPSA) is 84.2 Å². The maximum absolute atomic E-state index is 13.0. The summed E-state index contributed by atoms with van der Waals surface area (Å²) in [4.78, 5) is 17.0. The van der Waals surface area contributed by atoms with E-state index in [9.17, 15) is 4.79 Å². The highest BCUT2D eigenvalue weighted by molar-refractivity contribution is 6.06. The predicted octanol–water partition coefficient (Wildman–Crippen LogP) is 5.89. The Morgan fingerprint density at radius 2 is 1.88 bits per heavy atom. The van der Waals surface area contributed by atoms with Crippen LogP contribution >= 0.6 is 0 Å². The molecule has 1 N–H and O–H groups in total. The Morgan fingerprint density at radius 1 is 1.00 bits per heavy atom. The van der Waals surface area contributed by atoms with Crippen LogP contribution in [0.1, 0.15) is 27.0 Å². The first-order valence-electron chi connectivity index (χ1n) is 10.3. The number of carbonyl (C=O) groups is 1. The summed E-state index contributed by atoms with van der Waals surface area (Å²) in [5, 5.41) is 12.0. The molecule has 0 fully saturated rings. The van der Waals surface area contributed by atoms with E-state index in [0.29, 0.717) is 40.7 Å². The summed E-state index contributed by atoms with van der Waals surface area (Å²) < 4.78 is 11.7. The van der Waals surface area contributed by atoms with Crippen molar-refractivity contribution in [1.82, 2.24) is 4.98 Å². The van der Waals surface area contributed by atoms with Crippen molar-refractivity contribution in [3.8, 4) is 23.3 Å². The highest BCUT2D eigenvalue weighted by atomic mass is 16.5. The van der Waals surface area contributed by atoms with Crippen LogP contribution in [-0.2, 0) is 6.61 Å². The molecule has 0 radical (unpaired) electrons. The maximum Gasteiger partial charge on any atom is 0.259 e. The van der Waals surface area contributed by atoms with Crippen LogP contribution in [-0.4, -0.2) is 10.9 Å². The maximum atomic E-state index is 13.0. The Labute approximate surface area is 192 Å². The van der Waals surface area contributed by atoms with Crippen LogP contribution in [0.5, 0.6) is 17.2 Å². The number of benzene rings is 3. The molecule has 162 valence electrons. The molecule has 0 aliphatic heterocycles. The minimum atomic E-state index is -0.278. The van der Waals surface area contributed by atoms with Crippen molar-refractivity contribution in [2.45, 2.75) is 13.5 Å². The van der Waals surface area contributed by atoms with Crippen molar-refractivity contribution in [1.29, 1.82) is 5.26 Å². The fourth-order valence-electron chi connectivity index (χ4n) is 3.23. The second-order valence-corrected chi connectivity index (χ2v) is 7.32. The first-order chi connectivity index (χ1) is 16.1. The first-order valence-corrected chi connectivity index (χ1v) is 10.3. The monoisotopic (exact) mass is 435 g/mol. The Hall–Kier alpha value is -4.63. The standard InChI is InChI=1S/C27H21N3O3/c1-19-14-22(32-18-21-7-4-6-20(15-21)16-28)11-12-25(19)30-27(31)24-9-2-3-10-26(24)33-23-8-5-13-29-17-23/h2-15,17H,18H2,1H3,(H,30,31). The molecule has 3 aromatic carbocycles. The summed E-state index contributed by atoms with van der Waals surface area (Å²) in [5.74, 6) is 1.39. The Bertz CT molecular complexity index is 1310. The molecule has 4 rings (SSSR count). The number of ether oxygens (including phenoxy) is 2. The van der Waals surface area contributed by atoms with Gasteiger partial charge in [0, 0.05) is 11.9 Å². The molecule has 0 saturated carbocycles. The molecule has 6 nitrogen and oxygen atoms in total. The molecule has 0 aliphatic rings. The third-order valence-electron chi connectivity index (χ3n) is 4.90. The molecule has 33 heavy (non-hydrogen) atoms. The van der Waals surface area contributed by atoms with Crippen LogP contribution < -0.4 is 14.8 Å². The lowest BCUT2D eigenvalue weighted by Crippen LogP contribution is -2.14. The molecule has 6 heteroatoms. The number of rotatable bonds is 7. The minimum absolute atomic E-state index is 0.278. The number of nitriles is 1. The molecule has 0 unspecified atom stereocenters. The van der Waals surface area contributed by atoms with Gasteiger partial charge in [0.05, 0.1) is 23.4 Å². The van der Waals surface area contributed by atoms with Crippen molar-refractivity contribution in [2.75, 3.05) is 5.32 Å². The summed E-state index contributed by atoms with van der Waals surface area (Å²) in [6.07, 6.45) is 3.25. The van der Waals surface area contributed by atoms with E-state index in [1.54, 1.807) is 67.0 Å². The van der Waals surface area contributed by atoms with E-state index in [2.05, 4.69) is 16.4 Å². The molecule has 1 heterocycles. The van der Waals surface area contributed by atoms with Gasteiger partial charge in [-0.2, -0.15) is 5.26 Å². The van der Waals surface area contributed by atoms with Crippen molar-refractivity contribution in [3.63, 3.8) is 0 Å². The lowest BCUT2D eigenvalue weighted by atomic mass is 10.1. The van der Waals surface area contributed by atoms with Crippen LogP contribution in [0.3, 0.4) is 0 Å². The zero-order chi connectivity index (χ0) is 23.0. The summed E-state index contributed by atoms with van der Waals surface area (Å²) in [6.45, 7) is 2.25. The number of carbonyl (C=O) groups excluding carboxylic acids is 1. The number of aromatic nitrogens is 1. The zero-order valence-corrected chi connectivity index (χ0v) is 18.0. The van der Waals surface area contributed by atoms with Gasteiger partial charge in [0.1, 0.15) is 23.9 Å². The SMILES string of the molecule is Cc1cc(OCc2cccc(C#N)c2)ccc1NC(=O)c1ccccc1Oc1cccnc1. The zero-order valence-electron chi connectivity index (χ0n) is 18.0. The fourth-order valence-corrected chi connectivity index (χ4v) is 3.23. The van der Waals surface area contributed by atoms with Crippen molar-refractivity contribution in [3.05, 3.63) is 114 Å². The summed E-state index contributed by atoms with van der Waals surface area (Å²) >= 11 is 0. The van der Waals surface area contributed by atoms with Gasteiger partial charge in [0.2, 0.25) is 0 Å². The van der Waals surface area contributed by atoms with E-state index in [1.165, 1.54) is 0 Å². The third-order valence-corrected chi connectivity index (χ3v) is 4.90. The highest BCUT2D eigenvalue weighted by Gasteiger charge is 2.14. The van der Waals surface area contributed by atoms with E-state index < -0.39 is 0 Å². The first kappa shape index (κ1) is 21.6. The van der Waals surface area contributed by atoms with E-state index in [1.807, 2.05) is 31.2 Å². The minimum Gasteiger partial charge on any atom is -0.489 e.